The van der Waals surface area contributed by atoms with Crippen LogP contribution in [0.1, 0.15) is 52.6 Å². The van der Waals surface area contributed by atoms with Crippen LogP contribution in [0.5, 0.6) is 5.75 Å². The first-order chi connectivity index (χ1) is 16.3. The third-order valence-corrected chi connectivity index (χ3v) is 5.89. The molecule has 1 N–H and O–H groups in total. The van der Waals surface area contributed by atoms with E-state index in [-0.39, 0.29) is 18.4 Å². The minimum absolute atomic E-state index is 0.0753. The predicted molar refractivity (Wildman–Crippen MR) is 133 cm³/mol. The Hall–Kier alpha value is -3.61. The number of carbonyl (C=O) groups is 2. The number of benzene rings is 2. The van der Waals surface area contributed by atoms with Crippen molar-refractivity contribution in [3.63, 3.8) is 0 Å². The third kappa shape index (κ3) is 6.04. The van der Waals surface area contributed by atoms with E-state index in [2.05, 4.69) is 25.2 Å². The van der Waals surface area contributed by atoms with Crippen LogP contribution in [-0.2, 0) is 11.3 Å². The van der Waals surface area contributed by atoms with Crippen LogP contribution < -0.4 is 10.1 Å². The molecule has 0 aliphatic carbocycles. The Morgan fingerprint density at radius 3 is 2.44 bits per heavy atom. The average molecular weight is 463 g/mol. The molecule has 0 spiro atoms. The second-order valence-corrected chi connectivity index (χ2v) is 8.51. The van der Waals surface area contributed by atoms with Crippen molar-refractivity contribution in [3.8, 4) is 11.4 Å². The number of hydrogen-bond acceptors (Lipinski definition) is 4. The van der Waals surface area contributed by atoms with E-state index in [4.69, 9.17) is 9.84 Å². The van der Waals surface area contributed by atoms with E-state index in [1.54, 1.807) is 36.2 Å². The smallest absolute Gasteiger partial charge is 0.251 e. The lowest BCUT2D eigenvalue weighted by Gasteiger charge is -2.18. The van der Waals surface area contributed by atoms with Gasteiger partial charge in [0, 0.05) is 30.4 Å². The second kappa shape index (κ2) is 11.5. The largest absolute Gasteiger partial charge is 0.494 e. The van der Waals surface area contributed by atoms with E-state index >= 15 is 0 Å². The Kier molecular flexibility index (Phi) is 8.46. The fourth-order valence-electron chi connectivity index (χ4n) is 3.69. The van der Waals surface area contributed by atoms with Crippen molar-refractivity contribution < 1.29 is 14.3 Å². The van der Waals surface area contributed by atoms with E-state index in [0.717, 1.165) is 46.8 Å². The Morgan fingerprint density at radius 2 is 1.76 bits per heavy atom. The maximum absolute atomic E-state index is 12.7. The summed E-state index contributed by atoms with van der Waals surface area (Å²) in [7, 11) is 1.74. The quantitative estimate of drug-likeness (QED) is 0.454. The Morgan fingerprint density at radius 1 is 1.06 bits per heavy atom. The van der Waals surface area contributed by atoms with Crippen LogP contribution in [0.25, 0.3) is 5.69 Å². The monoisotopic (exact) mass is 462 g/mol. The summed E-state index contributed by atoms with van der Waals surface area (Å²) in [5.41, 5.74) is 5.53. The zero-order chi connectivity index (χ0) is 24.7. The van der Waals surface area contributed by atoms with Gasteiger partial charge in [-0.15, -0.1) is 0 Å². The molecule has 0 atom stereocenters. The maximum Gasteiger partial charge on any atom is 0.251 e. The molecule has 0 unspecified atom stereocenters. The molecule has 34 heavy (non-hydrogen) atoms. The molecule has 1 aromatic heterocycles. The van der Waals surface area contributed by atoms with Gasteiger partial charge in [0.1, 0.15) is 5.75 Å². The van der Waals surface area contributed by atoms with Crippen LogP contribution in [0, 0.1) is 20.8 Å². The fourth-order valence-corrected chi connectivity index (χ4v) is 3.69. The molecule has 2 aromatic carbocycles. The van der Waals surface area contributed by atoms with Gasteiger partial charge in [-0.05, 0) is 63.1 Å². The van der Waals surface area contributed by atoms with E-state index < -0.39 is 0 Å². The van der Waals surface area contributed by atoms with Gasteiger partial charge in [0.2, 0.25) is 5.91 Å². The third-order valence-electron chi connectivity index (χ3n) is 5.89. The molecule has 7 nitrogen and oxygen atoms in total. The first-order valence-electron chi connectivity index (χ1n) is 11.7. The van der Waals surface area contributed by atoms with Crippen LogP contribution in [0.2, 0.25) is 0 Å². The molecule has 0 bridgehead atoms. The van der Waals surface area contributed by atoms with E-state index in [9.17, 15) is 9.59 Å². The molecule has 7 heteroatoms. The Balaban J connectivity index is 1.57. The predicted octanol–water partition coefficient (Wildman–Crippen LogP) is 4.36. The van der Waals surface area contributed by atoms with Crippen molar-refractivity contribution in [2.24, 2.45) is 0 Å². The number of nitrogens with one attached hydrogen (secondary N) is 1. The molecule has 0 aliphatic rings. The summed E-state index contributed by atoms with van der Waals surface area (Å²) in [5, 5.41) is 7.41. The summed E-state index contributed by atoms with van der Waals surface area (Å²) in [6.07, 6.45) is 2.06. The zero-order valence-corrected chi connectivity index (χ0v) is 20.7. The van der Waals surface area contributed by atoms with Gasteiger partial charge in [0.05, 0.1) is 24.5 Å². The van der Waals surface area contributed by atoms with Crippen molar-refractivity contribution in [2.75, 3.05) is 20.2 Å². The number of nitrogens with zero attached hydrogens (tertiary/aromatic N) is 3. The highest BCUT2D eigenvalue weighted by Crippen LogP contribution is 2.21. The number of rotatable bonds is 10. The van der Waals surface area contributed by atoms with Crippen molar-refractivity contribution >= 4 is 11.8 Å². The van der Waals surface area contributed by atoms with Gasteiger partial charge in [-0.2, -0.15) is 5.10 Å². The van der Waals surface area contributed by atoms with Gasteiger partial charge in [-0.1, -0.05) is 31.5 Å². The number of likely N-dealkylation sites (N-methyl/N-ethyl adjacent to an activating group) is 1. The number of carbonyl (C=O) groups excluding carboxylic acids is 2. The van der Waals surface area contributed by atoms with Crippen molar-refractivity contribution in [1.82, 2.24) is 20.0 Å². The normalized spacial score (nSPS) is 10.7. The topological polar surface area (TPSA) is 76.5 Å². The molecular formula is C27H34N4O3. The summed E-state index contributed by atoms with van der Waals surface area (Å²) in [6.45, 7) is 9.12. The fraction of sp³-hybridized carbons (Fsp3) is 0.370. The molecule has 2 amide bonds. The summed E-state index contributed by atoms with van der Waals surface area (Å²) >= 11 is 0. The van der Waals surface area contributed by atoms with Gasteiger partial charge in [0.15, 0.2) is 0 Å². The van der Waals surface area contributed by atoms with Gasteiger partial charge in [-0.3, -0.25) is 9.59 Å². The highest BCUT2D eigenvalue weighted by molar-refractivity contribution is 5.96. The van der Waals surface area contributed by atoms with Crippen molar-refractivity contribution in [1.29, 1.82) is 0 Å². The Bertz CT molecular complexity index is 1140. The number of aryl methyl sites for hydroxylation is 2. The molecule has 0 saturated carbocycles. The minimum Gasteiger partial charge on any atom is -0.494 e. The van der Waals surface area contributed by atoms with Crippen LogP contribution in [-0.4, -0.2) is 46.7 Å². The lowest BCUT2D eigenvalue weighted by atomic mass is 10.1. The van der Waals surface area contributed by atoms with Gasteiger partial charge < -0.3 is 15.0 Å². The van der Waals surface area contributed by atoms with Gasteiger partial charge >= 0.3 is 0 Å². The summed E-state index contributed by atoms with van der Waals surface area (Å²) in [6, 6.07) is 15.0. The summed E-state index contributed by atoms with van der Waals surface area (Å²) < 4.78 is 7.55. The number of ether oxygens (including phenoxy) is 1. The highest BCUT2D eigenvalue weighted by atomic mass is 16.5. The molecule has 0 radical (unpaired) electrons. The molecule has 0 saturated heterocycles. The van der Waals surface area contributed by atoms with Crippen LogP contribution in [0.15, 0.2) is 48.5 Å². The zero-order valence-electron chi connectivity index (χ0n) is 20.7. The van der Waals surface area contributed by atoms with Crippen LogP contribution >= 0.6 is 0 Å². The number of amides is 2. The number of unbranched alkanes of at least 4 members (excludes halogenated alkanes) is 1. The van der Waals surface area contributed by atoms with Crippen LogP contribution in [0.4, 0.5) is 0 Å². The highest BCUT2D eigenvalue weighted by Gasteiger charge is 2.18. The summed E-state index contributed by atoms with van der Waals surface area (Å²) in [4.78, 5) is 26.8. The second-order valence-electron chi connectivity index (χ2n) is 8.51. The number of aromatic nitrogens is 2. The first-order valence-corrected chi connectivity index (χ1v) is 11.7. The average Bonchev–Trinajstić information content (AvgIpc) is 3.11. The molecule has 1 heterocycles. The first kappa shape index (κ1) is 25.0. The van der Waals surface area contributed by atoms with Crippen molar-refractivity contribution in [3.05, 3.63) is 76.6 Å². The lowest BCUT2D eigenvalue weighted by Crippen LogP contribution is -2.38. The van der Waals surface area contributed by atoms with Gasteiger partial charge in [-0.25, -0.2) is 4.68 Å². The molecule has 3 aromatic rings. The SMILES string of the molecule is CCCCOc1ccc(C(=O)NCC(=O)N(C)Cc2c(C)nn(-c3ccccc3C)c2C)cc1. The lowest BCUT2D eigenvalue weighted by molar-refractivity contribution is -0.129. The minimum atomic E-state index is -0.290. The molecule has 3 rings (SSSR count). The number of para-hydroxylation sites is 1. The number of hydrogen-bond donors (Lipinski definition) is 1. The Labute approximate surface area is 201 Å². The molecule has 0 aliphatic heterocycles. The maximum atomic E-state index is 12.7. The van der Waals surface area contributed by atoms with E-state index in [1.807, 2.05) is 36.7 Å². The molecular weight excluding hydrogens is 428 g/mol. The van der Waals surface area contributed by atoms with Crippen LogP contribution in [0.3, 0.4) is 0 Å². The van der Waals surface area contributed by atoms with E-state index in [1.165, 1.54) is 0 Å². The van der Waals surface area contributed by atoms with Crippen molar-refractivity contribution in [2.45, 2.75) is 47.1 Å². The van der Waals surface area contributed by atoms with E-state index in [0.29, 0.717) is 18.7 Å². The van der Waals surface area contributed by atoms with Gasteiger partial charge in [0.25, 0.3) is 5.91 Å². The molecule has 180 valence electrons. The molecule has 0 fully saturated rings. The standard InChI is InChI=1S/C27H34N4O3/c1-6-7-16-34-23-14-12-22(13-15-23)27(33)28-17-26(32)30(5)18-24-20(3)29-31(21(24)4)25-11-9-8-10-19(25)2/h8-15H,6-7,16-18H2,1-5H3,(H,28,33). The summed E-state index contributed by atoms with van der Waals surface area (Å²) in [5.74, 6) is 0.273.